The number of halogens is 2. The van der Waals surface area contributed by atoms with Crippen molar-refractivity contribution in [2.24, 2.45) is 0 Å². The van der Waals surface area contributed by atoms with Crippen molar-refractivity contribution in [3.05, 3.63) is 40.1 Å². The fourth-order valence-corrected chi connectivity index (χ4v) is 1.09. The van der Waals surface area contributed by atoms with E-state index in [0.29, 0.717) is 10.0 Å². The Balaban J connectivity index is 2.83. The van der Waals surface area contributed by atoms with Crippen LogP contribution in [0.5, 0.6) is 0 Å². The van der Waals surface area contributed by atoms with Crippen LogP contribution in [0.4, 0.5) is 4.39 Å². The number of hydrogen-bond donors (Lipinski definition) is 0. The molecule has 1 rings (SSSR count). The first kappa shape index (κ1) is 10.9. The second-order valence-corrected chi connectivity index (χ2v) is 3.38. The van der Waals surface area contributed by atoms with Gasteiger partial charge in [-0.3, -0.25) is 0 Å². The Morgan fingerprint density at radius 3 is 2.86 bits per heavy atom. The zero-order valence-electron chi connectivity index (χ0n) is 7.46. The van der Waals surface area contributed by atoms with Crippen LogP contribution >= 0.6 is 15.9 Å². The van der Waals surface area contributed by atoms with E-state index in [1.807, 2.05) is 0 Å². The van der Waals surface area contributed by atoms with Gasteiger partial charge in [-0.05, 0) is 39.7 Å². The number of rotatable bonds is 2. The highest BCUT2D eigenvalue weighted by Crippen LogP contribution is 2.16. The van der Waals surface area contributed by atoms with E-state index in [-0.39, 0.29) is 5.82 Å². The van der Waals surface area contributed by atoms with Crippen LogP contribution in [0.2, 0.25) is 0 Å². The predicted molar refractivity (Wildman–Crippen MR) is 55.2 cm³/mol. The molecule has 0 aromatic heterocycles. The largest absolute Gasteiger partial charge is 0.466 e. The third-order valence-electron chi connectivity index (χ3n) is 1.56. The van der Waals surface area contributed by atoms with E-state index in [9.17, 15) is 9.18 Å². The fraction of sp³-hybridized carbons (Fsp3) is 0.100. The highest BCUT2D eigenvalue weighted by Gasteiger charge is 1.98. The lowest BCUT2D eigenvalue weighted by Crippen LogP contribution is -1.93. The molecule has 0 N–H and O–H groups in total. The van der Waals surface area contributed by atoms with Crippen molar-refractivity contribution in [2.45, 2.75) is 0 Å². The minimum Gasteiger partial charge on any atom is -0.466 e. The molecule has 0 spiro atoms. The maximum absolute atomic E-state index is 13.0. The number of ether oxygens (including phenoxy) is 1. The predicted octanol–water partition coefficient (Wildman–Crippen LogP) is 2.77. The summed E-state index contributed by atoms with van der Waals surface area (Å²) in [6, 6.07) is 4.59. The molecular formula is C10H8BrFO2. The maximum atomic E-state index is 13.0. The lowest BCUT2D eigenvalue weighted by molar-refractivity contribution is -0.134. The topological polar surface area (TPSA) is 26.3 Å². The normalized spacial score (nSPS) is 10.5. The van der Waals surface area contributed by atoms with E-state index < -0.39 is 5.97 Å². The first-order valence-electron chi connectivity index (χ1n) is 3.84. The van der Waals surface area contributed by atoms with Crippen molar-refractivity contribution in [3.8, 4) is 0 Å². The zero-order valence-corrected chi connectivity index (χ0v) is 9.05. The Hall–Kier alpha value is -1.16. The number of carbonyl (C=O) groups is 1. The third kappa shape index (κ3) is 2.96. The molecule has 1 aromatic rings. The molecule has 0 radical (unpaired) electrons. The van der Waals surface area contributed by atoms with Crippen molar-refractivity contribution in [1.82, 2.24) is 0 Å². The fourth-order valence-electron chi connectivity index (χ4n) is 0.848. The Morgan fingerprint density at radius 2 is 2.29 bits per heavy atom. The minimum absolute atomic E-state index is 0.364. The maximum Gasteiger partial charge on any atom is 0.330 e. The Labute approximate surface area is 89.5 Å². The first-order valence-corrected chi connectivity index (χ1v) is 4.64. The highest BCUT2D eigenvalue weighted by atomic mass is 79.9. The molecular weight excluding hydrogens is 251 g/mol. The van der Waals surface area contributed by atoms with Gasteiger partial charge in [0.05, 0.1) is 11.6 Å². The molecule has 0 fully saturated rings. The average Bonchev–Trinajstić information content (AvgIpc) is 2.19. The van der Waals surface area contributed by atoms with E-state index in [1.54, 1.807) is 12.1 Å². The van der Waals surface area contributed by atoms with E-state index in [4.69, 9.17) is 0 Å². The van der Waals surface area contributed by atoms with Crippen LogP contribution in [0, 0.1) is 5.82 Å². The van der Waals surface area contributed by atoms with Crippen molar-refractivity contribution in [2.75, 3.05) is 7.11 Å². The van der Waals surface area contributed by atoms with Gasteiger partial charge in [-0.2, -0.15) is 0 Å². The highest BCUT2D eigenvalue weighted by molar-refractivity contribution is 9.10. The zero-order chi connectivity index (χ0) is 10.6. The van der Waals surface area contributed by atoms with Gasteiger partial charge in [0.15, 0.2) is 0 Å². The molecule has 0 saturated heterocycles. The van der Waals surface area contributed by atoms with Gasteiger partial charge in [-0.25, -0.2) is 9.18 Å². The summed E-state index contributed by atoms with van der Waals surface area (Å²) in [6.07, 6.45) is 2.73. The molecule has 2 nitrogen and oxygen atoms in total. The van der Waals surface area contributed by atoms with Crippen molar-refractivity contribution in [1.29, 1.82) is 0 Å². The van der Waals surface area contributed by atoms with Crippen LogP contribution in [0.25, 0.3) is 6.08 Å². The summed E-state index contributed by atoms with van der Waals surface area (Å²) >= 11 is 3.03. The lowest BCUT2D eigenvalue weighted by Gasteiger charge is -1.96. The smallest absolute Gasteiger partial charge is 0.330 e. The molecule has 74 valence electrons. The molecule has 0 saturated carbocycles. The number of carbonyl (C=O) groups excluding carboxylic acids is 1. The van der Waals surface area contributed by atoms with Crippen LogP contribution in [0.3, 0.4) is 0 Å². The van der Waals surface area contributed by atoms with Crippen LogP contribution in [-0.2, 0) is 9.53 Å². The SMILES string of the molecule is COC(=O)C=Cc1ccc(Br)c(F)c1. The third-order valence-corrected chi connectivity index (χ3v) is 2.20. The summed E-state index contributed by atoms with van der Waals surface area (Å²) in [7, 11) is 1.29. The molecule has 1 aromatic carbocycles. The van der Waals surface area contributed by atoms with Gasteiger partial charge in [0.25, 0.3) is 0 Å². The van der Waals surface area contributed by atoms with Gasteiger partial charge >= 0.3 is 5.97 Å². The second kappa shape index (κ2) is 4.91. The Bertz CT molecular complexity index is 374. The molecule has 14 heavy (non-hydrogen) atoms. The van der Waals surface area contributed by atoms with Crippen LogP contribution < -0.4 is 0 Å². The number of methoxy groups -OCH3 is 1. The second-order valence-electron chi connectivity index (χ2n) is 2.53. The van der Waals surface area contributed by atoms with Crippen molar-refractivity contribution >= 4 is 28.0 Å². The van der Waals surface area contributed by atoms with E-state index in [1.165, 1.54) is 25.3 Å². The van der Waals surface area contributed by atoms with Gasteiger partial charge in [0.1, 0.15) is 5.82 Å². The Morgan fingerprint density at radius 1 is 1.57 bits per heavy atom. The number of hydrogen-bond acceptors (Lipinski definition) is 2. The van der Waals surface area contributed by atoms with E-state index >= 15 is 0 Å². The lowest BCUT2D eigenvalue weighted by atomic mass is 10.2. The summed E-state index contributed by atoms with van der Waals surface area (Å²) in [4.78, 5) is 10.7. The molecule has 0 heterocycles. The summed E-state index contributed by atoms with van der Waals surface area (Å²) in [5.74, 6) is -0.828. The van der Waals surface area contributed by atoms with Crippen LogP contribution in [0.15, 0.2) is 28.7 Å². The monoisotopic (exact) mass is 258 g/mol. The molecule has 0 aliphatic rings. The quantitative estimate of drug-likeness (QED) is 0.603. The van der Waals surface area contributed by atoms with Crippen molar-refractivity contribution < 1.29 is 13.9 Å². The Kier molecular flexibility index (Phi) is 3.83. The number of esters is 1. The van der Waals surface area contributed by atoms with Crippen LogP contribution in [0.1, 0.15) is 5.56 Å². The molecule has 0 aliphatic heterocycles. The summed E-state index contributed by atoms with van der Waals surface area (Å²) in [6.45, 7) is 0. The van der Waals surface area contributed by atoms with Gasteiger partial charge < -0.3 is 4.74 Å². The summed E-state index contributed by atoms with van der Waals surface area (Å²) in [5.41, 5.74) is 0.608. The van der Waals surface area contributed by atoms with Gasteiger partial charge in [-0.15, -0.1) is 0 Å². The minimum atomic E-state index is -0.465. The molecule has 0 atom stereocenters. The molecule has 0 aliphatic carbocycles. The first-order chi connectivity index (χ1) is 6.63. The van der Waals surface area contributed by atoms with E-state index in [2.05, 4.69) is 20.7 Å². The molecule has 4 heteroatoms. The average molecular weight is 259 g/mol. The van der Waals surface area contributed by atoms with Gasteiger partial charge in [-0.1, -0.05) is 6.07 Å². The standard InChI is InChI=1S/C10H8BrFO2/c1-14-10(13)5-3-7-2-4-8(11)9(12)6-7/h2-6H,1H3. The summed E-state index contributed by atoms with van der Waals surface area (Å²) in [5, 5.41) is 0. The van der Waals surface area contributed by atoms with Gasteiger partial charge in [0.2, 0.25) is 0 Å². The number of benzene rings is 1. The van der Waals surface area contributed by atoms with Crippen LogP contribution in [-0.4, -0.2) is 13.1 Å². The molecule has 0 amide bonds. The molecule has 0 bridgehead atoms. The van der Waals surface area contributed by atoms with E-state index in [0.717, 1.165) is 0 Å². The van der Waals surface area contributed by atoms with Gasteiger partial charge in [0, 0.05) is 6.08 Å². The molecule has 0 unspecified atom stereocenters. The van der Waals surface area contributed by atoms with Crippen molar-refractivity contribution in [3.63, 3.8) is 0 Å². The summed E-state index contributed by atoms with van der Waals surface area (Å²) < 4.78 is 17.8.